The van der Waals surface area contributed by atoms with E-state index in [9.17, 15) is 19.7 Å². The second kappa shape index (κ2) is 10.9. The molecule has 3 rings (SSSR count). The third-order valence-corrected chi connectivity index (χ3v) is 5.96. The summed E-state index contributed by atoms with van der Waals surface area (Å²) in [6.45, 7) is 7.18. The minimum Gasteiger partial charge on any atom is -0.466 e. The molecule has 1 aliphatic rings. The van der Waals surface area contributed by atoms with Crippen LogP contribution in [0.3, 0.4) is 0 Å². The fourth-order valence-corrected chi connectivity index (χ4v) is 4.23. The number of benzene rings is 2. The zero-order chi connectivity index (χ0) is 24.0. The third kappa shape index (κ3) is 5.66. The summed E-state index contributed by atoms with van der Waals surface area (Å²) in [5.41, 5.74) is 2.94. The van der Waals surface area contributed by atoms with Gasteiger partial charge in [0.05, 0.1) is 23.0 Å². The molecule has 33 heavy (non-hydrogen) atoms. The standard InChI is InChI=1S/C26H30N2O5/c1-4-33-26(30)20-14-16-27(17-15-20)24(29)13-12-19-8-7-11-23(28(31)32)25(19)22-10-6-5-9-21(22)18(2)3/h5-13,18,20H,4,14-17H2,1-3H3/b13-12+. The van der Waals surface area contributed by atoms with Gasteiger partial charge in [-0.05, 0) is 48.4 Å². The maximum atomic E-state index is 12.8. The number of amides is 1. The topological polar surface area (TPSA) is 89.8 Å². The van der Waals surface area contributed by atoms with Crippen molar-refractivity contribution in [1.82, 2.24) is 4.90 Å². The molecule has 0 atom stereocenters. The Kier molecular flexibility index (Phi) is 7.98. The van der Waals surface area contributed by atoms with E-state index < -0.39 is 0 Å². The smallest absolute Gasteiger partial charge is 0.309 e. The number of nitro benzene ring substituents is 1. The molecule has 7 heteroatoms. The number of nitro groups is 1. The Bertz CT molecular complexity index is 1050. The molecule has 0 aliphatic carbocycles. The van der Waals surface area contributed by atoms with E-state index in [0.717, 1.165) is 11.1 Å². The molecule has 0 bridgehead atoms. The SMILES string of the molecule is CCOC(=O)C1CCN(C(=O)/C=C/c2cccc([N+](=O)[O-])c2-c2ccccc2C(C)C)CC1. The molecule has 2 aromatic rings. The maximum Gasteiger partial charge on any atom is 0.309 e. The van der Waals surface area contributed by atoms with Crippen molar-refractivity contribution >= 4 is 23.6 Å². The molecule has 0 radical (unpaired) electrons. The van der Waals surface area contributed by atoms with E-state index in [-0.39, 0.29) is 34.3 Å². The molecular formula is C26H30N2O5. The molecule has 1 amide bonds. The number of carbonyl (C=O) groups is 2. The first kappa shape index (κ1) is 24.2. The molecule has 1 saturated heterocycles. The number of esters is 1. The van der Waals surface area contributed by atoms with Gasteiger partial charge in [0.15, 0.2) is 0 Å². The summed E-state index contributed by atoms with van der Waals surface area (Å²) < 4.78 is 5.08. The monoisotopic (exact) mass is 450 g/mol. The van der Waals surface area contributed by atoms with E-state index in [1.807, 2.05) is 38.1 Å². The van der Waals surface area contributed by atoms with Gasteiger partial charge in [0.25, 0.3) is 5.69 Å². The molecule has 174 valence electrons. The summed E-state index contributed by atoms with van der Waals surface area (Å²) in [7, 11) is 0. The molecule has 0 N–H and O–H groups in total. The van der Waals surface area contributed by atoms with Crippen LogP contribution in [0.25, 0.3) is 17.2 Å². The van der Waals surface area contributed by atoms with Crippen LogP contribution in [0, 0.1) is 16.0 Å². The minimum absolute atomic E-state index is 0.00736. The van der Waals surface area contributed by atoms with Gasteiger partial charge in [-0.1, -0.05) is 50.2 Å². The van der Waals surface area contributed by atoms with Gasteiger partial charge in [0.2, 0.25) is 5.91 Å². The van der Waals surface area contributed by atoms with Crippen molar-refractivity contribution in [1.29, 1.82) is 0 Å². The zero-order valence-corrected chi connectivity index (χ0v) is 19.3. The van der Waals surface area contributed by atoms with E-state index in [2.05, 4.69) is 0 Å². The van der Waals surface area contributed by atoms with Crippen LogP contribution in [0.4, 0.5) is 5.69 Å². The highest BCUT2D eigenvalue weighted by Crippen LogP contribution is 2.38. The van der Waals surface area contributed by atoms with Crippen LogP contribution in [0.2, 0.25) is 0 Å². The Morgan fingerprint density at radius 3 is 2.48 bits per heavy atom. The van der Waals surface area contributed by atoms with Crippen molar-refractivity contribution in [3.05, 3.63) is 69.8 Å². The van der Waals surface area contributed by atoms with E-state index in [1.54, 1.807) is 30.0 Å². The average molecular weight is 451 g/mol. The first-order chi connectivity index (χ1) is 15.8. The lowest BCUT2D eigenvalue weighted by molar-refractivity contribution is -0.384. The predicted octanol–water partition coefficient (Wildman–Crippen LogP) is 5.20. The molecule has 0 spiro atoms. The number of carbonyl (C=O) groups excluding carboxylic acids is 2. The van der Waals surface area contributed by atoms with Crippen molar-refractivity contribution < 1.29 is 19.2 Å². The van der Waals surface area contributed by atoms with E-state index in [4.69, 9.17) is 4.74 Å². The zero-order valence-electron chi connectivity index (χ0n) is 19.3. The van der Waals surface area contributed by atoms with Crippen LogP contribution in [-0.2, 0) is 14.3 Å². The van der Waals surface area contributed by atoms with Gasteiger partial charge in [0.1, 0.15) is 0 Å². The van der Waals surface area contributed by atoms with Crippen LogP contribution < -0.4 is 0 Å². The van der Waals surface area contributed by atoms with Crippen LogP contribution in [0.1, 0.15) is 50.7 Å². The lowest BCUT2D eigenvalue weighted by atomic mass is 9.89. The van der Waals surface area contributed by atoms with Gasteiger partial charge in [-0.2, -0.15) is 0 Å². The number of rotatable bonds is 7. The van der Waals surface area contributed by atoms with Gasteiger partial charge in [-0.15, -0.1) is 0 Å². The Morgan fingerprint density at radius 1 is 1.15 bits per heavy atom. The number of nitrogens with zero attached hydrogens (tertiary/aromatic N) is 2. The molecule has 2 aromatic carbocycles. The quantitative estimate of drug-likeness (QED) is 0.250. The van der Waals surface area contributed by atoms with Gasteiger partial charge in [-0.3, -0.25) is 19.7 Å². The van der Waals surface area contributed by atoms with E-state index >= 15 is 0 Å². The summed E-state index contributed by atoms with van der Waals surface area (Å²) in [5, 5.41) is 11.8. The summed E-state index contributed by atoms with van der Waals surface area (Å²) in [6, 6.07) is 12.6. The lowest BCUT2D eigenvalue weighted by Gasteiger charge is -2.30. The molecule has 1 aliphatic heterocycles. The van der Waals surface area contributed by atoms with Gasteiger partial charge >= 0.3 is 5.97 Å². The summed E-state index contributed by atoms with van der Waals surface area (Å²) in [6.07, 6.45) is 4.26. The van der Waals surface area contributed by atoms with Crippen LogP contribution >= 0.6 is 0 Å². The molecule has 7 nitrogen and oxygen atoms in total. The molecule has 1 heterocycles. The normalized spacial score (nSPS) is 14.6. The van der Waals surface area contributed by atoms with Crippen LogP contribution in [0.15, 0.2) is 48.5 Å². The highest BCUT2D eigenvalue weighted by molar-refractivity contribution is 5.94. The van der Waals surface area contributed by atoms with E-state index in [1.165, 1.54) is 12.1 Å². The fraction of sp³-hybridized carbons (Fsp3) is 0.385. The van der Waals surface area contributed by atoms with Crippen molar-refractivity contribution in [3.8, 4) is 11.1 Å². The van der Waals surface area contributed by atoms with Gasteiger partial charge < -0.3 is 9.64 Å². The van der Waals surface area contributed by atoms with Crippen molar-refractivity contribution in [2.45, 2.75) is 39.5 Å². The van der Waals surface area contributed by atoms with Crippen molar-refractivity contribution in [2.24, 2.45) is 5.92 Å². The summed E-state index contributed by atoms with van der Waals surface area (Å²) in [4.78, 5) is 37.9. The second-order valence-corrected chi connectivity index (χ2v) is 8.43. The molecule has 0 saturated carbocycles. The summed E-state index contributed by atoms with van der Waals surface area (Å²) in [5.74, 6) is -0.369. The molecule has 0 unspecified atom stereocenters. The highest BCUT2D eigenvalue weighted by Gasteiger charge is 2.27. The number of likely N-dealkylation sites (tertiary alicyclic amines) is 1. The first-order valence-corrected chi connectivity index (χ1v) is 11.3. The van der Waals surface area contributed by atoms with E-state index in [0.29, 0.717) is 43.7 Å². The van der Waals surface area contributed by atoms with Gasteiger partial charge in [0, 0.05) is 25.2 Å². The molecule has 1 fully saturated rings. The number of hydrogen-bond donors (Lipinski definition) is 0. The van der Waals surface area contributed by atoms with Crippen LogP contribution in [-0.4, -0.2) is 41.4 Å². The second-order valence-electron chi connectivity index (χ2n) is 8.43. The maximum absolute atomic E-state index is 12.8. The highest BCUT2D eigenvalue weighted by atomic mass is 16.6. The molecule has 0 aromatic heterocycles. The number of ether oxygens (including phenoxy) is 1. The Balaban J connectivity index is 1.86. The number of hydrogen-bond acceptors (Lipinski definition) is 5. The minimum atomic E-state index is -0.383. The Hall–Kier alpha value is -3.48. The van der Waals surface area contributed by atoms with Crippen molar-refractivity contribution in [2.75, 3.05) is 19.7 Å². The largest absolute Gasteiger partial charge is 0.466 e. The first-order valence-electron chi connectivity index (χ1n) is 11.3. The average Bonchev–Trinajstić information content (AvgIpc) is 2.82. The third-order valence-electron chi connectivity index (χ3n) is 5.96. The Labute approximate surface area is 194 Å². The Morgan fingerprint density at radius 2 is 1.85 bits per heavy atom. The lowest BCUT2D eigenvalue weighted by Crippen LogP contribution is -2.39. The van der Waals surface area contributed by atoms with Crippen LogP contribution in [0.5, 0.6) is 0 Å². The molecular weight excluding hydrogens is 420 g/mol. The predicted molar refractivity (Wildman–Crippen MR) is 128 cm³/mol. The summed E-state index contributed by atoms with van der Waals surface area (Å²) >= 11 is 0. The fourth-order valence-electron chi connectivity index (χ4n) is 4.23. The number of piperidine rings is 1. The van der Waals surface area contributed by atoms with Gasteiger partial charge in [-0.25, -0.2) is 0 Å². The van der Waals surface area contributed by atoms with Crippen molar-refractivity contribution in [3.63, 3.8) is 0 Å².